The number of thiophene rings is 1. The maximum absolute atomic E-state index is 13.1. The SMILES string of the molecule is Cc1nc(NC(C)c2ccc(-c3ccccc3CN(C)C)s2)c2cc(N3CCN(Cc4ccccc4)C(=O)C3)ccc2n1. The first-order chi connectivity index (χ1) is 20.8. The van der Waals surface area contributed by atoms with Crippen LogP contribution in [0.2, 0.25) is 0 Å². The van der Waals surface area contributed by atoms with Crippen molar-refractivity contribution in [1.29, 1.82) is 0 Å². The normalized spacial score (nSPS) is 14.5. The summed E-state index contributed by atoms with van der Waals surface area (Å²) >= 11 is 1.82. The van der Waals surface area contributed by atoms with E-state index in [0.717, 1.165) is 46.9 Å². The molecule has 1 N–H and O–H groups in total. The molecule has 0 saturated carbocycles. The van der Waals surface area contributed by atoms with Gasteiger partial charge in [0.15, 0.2) is 0 Å². The van der Waals surface area contributed by atoms with Crippen LogP contribution < -0.4 is 10.2 Å². The number of nitrogens with zero attached hydrogens (tertiary/aromatic N) is 5. The van der Waals surface area contributed by atoms with Gasteiger partial charge in [-0.25, -0.2) is 9.97 Å². The molecule has 0 bridgehead atoms. The van der Waals surface area contributed by atoms with E-state index in [4.69, 9.17) is 9.97 Å². The van der Waals surface area contributed by atoms with E-state index in [1.54, 1.807) is 0 Å². The van der Waals surface area contributed by atoms with Crippen LogP contribution in [-0.2, 0) is 17.9 Å². The molecule has 0 spiro atoms. The summed E-state index contributed by atoms with van der Waals surface area (Å²) in [4.78, 5) is 31.4. The third kappa shape index (κ3) is 6.55. The monoisotopic (exact) mass is 590 g/mol. The lowest BCUT2D eigenvalue weighted by atomic mass is 10.1. The molecule has 1 unspecified atom stereocenters. The van der Waals surface area contributed by atoms with Crippen LogP contribution in [0.4, 0.5) is 11.5 Å². The number of carbonyl (C=O) groups excluding carboxylic acids is 1. The average Bonchev–Trinajstić information content (AvgIpc) is 3.49. The zero-order valence-electron chi connectivity index (χ0n) is 25.2. The summed E-state index contributed by atoms with van der Waals surface area (Å²) in [5.41, 5.74) is 5.67. The van der Waals surface area contributed by atoms with Crippen molar-refractivity contribution in [2.45, 2.75) is 33.0 Å². The molecule has 1 aliphatic rings. The third-order valence-corrected chi connectivity index (χ3v) is 9.17. The van der Waals surface area contributed by atoms with E-state index >= 15 is 0 Å². The smallest absolute Gasteiger partial charge is 0.242 e. The molecule has 220 valence electrons. The number of anilines is 2. The van der Waals surface area contributed by atoms with E-state index in [0.29, 0.717) is 19.6 Å². The molecule has 0 aliphatic carbocycles. The highest BCUT2D eigenvalue weighted by Crippen LogP contribution is 2.36. The predicted molar refractivity (Wildman–Crippen MR) is 178 cm³/mol. The lowest BCUT2D eigenvalue weighted by Gasteiger charge is -2.35. The molecular formula is C35H38N6OS. The Morgan fingerprint density at radius 3 is 2.53 bits per heavy atom. The number of benzene rings is 3. The van der Waals surface area contributed by atoms with Crippen molar-refractivity contribution >= 4 is 39.7 Å². The van der Waals surface area contributed by atoms with Crippen molar-refractivity contribution in [3.8, 4) is 10.4 Å². The van der Waals surface area contributed by atoms with Crippen molar-refractivity contribution in [2.24, 2.45) is 0 Å². The van der Waals surface area contributed by atoms with Crippen molar-refractivity contribution < 1.29 is 4.79 Å². The summed E-state index contributed by atoms with van der Waals surface area (Å²) < 4.78 is 0. The molecule has 1 saturated heterocycles. The van der Waals surface area contributed by atoms with Gasteiger partial charge in [-0.15, -0.1) is 11.3 Å². The summed E-state index contributed by atoms with van der Waals surface area (Å²) in [6, 6.07) is 29.6. The van der Waals surface area contributed by atoms with Gasteiger partial charge in [0.2, 0.25) is 5.91 Å². The molecule has 7 nitrogen and oxygen atoms in total. The van der Waals surface area contributed by atoms with Gasteiger partial charge in [0.25, 0.3) is 0 Å². The number of aryl methyl sites for hydroxylation is 1. The summed E-state index contributed by atoms with van der Waals surface area (Å²) in [5, 5.41) is 4.64. The van der Waals surface area contributed by atoms with Crippen LogP contribution in [0.15, 0.2) is 84.9 Å². The number of hydrogen-bond acceptors (Lipinski definition) is 7. The van der Waals surface area contributed by atoms with Crippen molar-refractivity contribution in [2.75, 3.05) is 43.9 Å². The number of aromatic nitrogens is 2. The molecule has 2 aromatic heterocycles. The Morgan fingerprint density at radius 1 is 0.953 bits per heavy atom. The summed E-state index contributed by atoms with van der Waals surface area (Å²) in [6.07, 6.45) is 0. The number of fused-ring (bicyclic) bond motifs is 1. The number of piperazine rings is 1. The Bertz CT molecular complexity index is 1730. The molecule has 1 amide bonds. The van der Waals surface area contributed by atoms with Gasteiger partial charge in [-0.05, 0) is 75.0 Å². The van der Waals surface area contributed by atoms with E-state index in [2.05, 4.69) is 96.8 Å². The fourth-order valence-electron chi connectivity index (χ4n) is 5.68. The van der Waals surface area contributed by atoms with Gasteiger partial charge >= 0.3 is 0 Å². The van der Waals surface area contributed by atoms with Crippen LogP contribution in [0.25, 0.3) is 21.3 Å². The quantitative estimate of drug-likeness (QED) is 0.205. The second-order valence-corrected chi connectivity index (χ2v) is 12.6. The molecule has 43 heavy (non-hydrogen) atoms. The zero-order chi connectivity index (χ0) is 29.9. The first kappa shape index (κ1) is 28.8. The Labute approximate surface area is 257 Å². The second-order valence-electron chi connectivity index (χ2n) is 11.5. The first-order valence-electron chi connectivity index (χ1n) is 14.8. The van der Waals surface area contributed by atoms with Gasteiger partial charge in [-0.1, -0.05) is 54.6 Å². The molecule has 0 radical (unpaired) electrons. The minimum Gasteiger partial charge on any atom is -0.362 e. The van der Waals surface area contributed by atoms with E-state index < -0.39 is 0 Å². The lowest BCUT2D eigenvalue weighted by Crippen LogP contribution is -2.50. The number of rotatable bonds is 9. The molecule has 3 aromatic carbocycles. The highest BCUT2D eigenvalue weighted by atomic mass is 32.1. The molecule has 3 heterocycles. The second kappa shape index (κ2) is 12.5. The minimum absolute atomic E-state index is 0.0593. The summed E-state index contributed by atoms with van der Waals surface area (Å²) in [5.74, 6) is 1.68. The number of amides is 1. The van der Waals surface area contributed by atoms with Gasteiger partial charge in [0.1, 0.15) is 11.6 Å². The maximum Gasteiger partial charge on any atom is 0.242 e. The van der Waals surface area contributed by atoms with E-state index in [1.165, 1.54) is 20.9 Å². The van der Waals surface area contributed by atoms with Gasteiger partial charge in [0, 0.05) is 47.0 Å². The predicted octanol–water partition coefficient (Wildman–Crippen LogP) is 6.75. The molecule has 6 rings (SSSR count). The van der Waals surface area contributed by atoms with Crippen molar-refractivity contribution in [3.05, 3.63) is 107 Å². The Morgan fingerprint density at radius 2 is 1.74 bits per heavy atom. The van der Waals surface area contributed by atoms with Gasteiger partial charge in [-0.2, -0.15) is 0 Å². The van der Waals surface area contributed by atoms with Gasteiger partial charge in [-0.3, -0.25) is 4.79 Å². The fourth-order valence-corrected chi connectivity index (χ4v) is 6.76. The number of carbonyl (C=O) groups is 1. The van der Waals surface area contributed by atoms with Crippen LogP contribution in [0, 0.1) is 6.92 Å². The average molecular weight is 591 g/mol. The van der Waals surface area contributed by atoms with E-state index in [-0.39, 0.29) is 11.9 Å². The van der Waals surface area contributed by atoms with Crippen LogP contribution in [0.5, 0.6) is 0 Å². The van der Waals surface area contributed by atoms with Crippen LogP contribution in [0.1, 0.15) is 34.8 Å². The Hall–Kier alpha value is -4.27. The lowest BCUT2D eigenvalue weighted by molar-refractivity contribution is -0.131. The largest absolute Gasteiger partial charge is 0.362 e. The highest BCUT2D eigenvalue weighted by molar-refractivity contribution is 7.15. The molecule has 5 aromatic rings. The van der Waals surface area contributed by atoms with Crippen LogP contribution in [-0.4, -0.2) is 59.4 Å². The zero-order valence-corrected chi connectivity index (χ0v) is 26.1. The maximum atomic E-state index is 13.1. The van der Waals surface area contributed by atoms with Crippen LogP contribution >= 0.6 is 11.3 Å². The van der Waals surface area contributed by atoms with Gasteiger partial charge in [0.05, 0.1) is 18.1 Å². The molecule has 8 heteroatoms. The van der Waals surface area contributed by atoms with Gasteiger partial charge < -0.3 is 20.0 Å². The fraction of sp³-hybridized carbons (Fsp3) is 0.286. The Balaban J connectivity index is 1.21. The summed E-state index contributed by atoms with van der Waals surface area (Å²) in [6.45, 7) is 7.49. The minimum atomic E-state index is 0.0593. The van der Waals surface area contributed by atoms with Crippen LogP contribution in [0.3, 0.4) is 0 Å². The van der Waals surface area contributed by atoms with E-state index in [1.807, 2.05) is 47.4 Å². The van der Waals surface area contributed by atoms with E-state index in [9.17, 15) is 4.79 Å². The number of hydrogen-bond donors (Lipinski definition) is 1. The molecular weight excluding hydrogens is 552 g/mol. The molecule has 1 fully saturated rings. The molecule has 1 atom stereocenters. The standard InChI is InChI=1S/C35H38N6OS/c1-24(32-16-17-33(43-32)29-13-9-8-12-27(29)22-39(3)4)36-35-30-20-28(14-15-31(30)37-25(2)38-35)40-18-19-41(34(42)23-40)21-26-10-6-5-7-11-26/h5-17,20,24H,18-19,21-23H2,1-4H3,(H,36,37,38). The summed E-state index contributed by atoms with van der Waals surface area (Å²) in [7, 11) is 4.21. The number of nitrogens with one attached hydrogen (secondary N) is 1. The first-order valence-corrected chi connectivity index (χ1v) is 15.6. The topological polar surface area (TPSA) is 64.6 Å². The molecule has 1 aliphatic heterocycles. The highest BCUT2D eigenvalue weighted by Gasteiger charge is 2.25. The van der Waals surface area contributed by atoms with Crippen molar-refractivity contribution in [1.82, 2.24) is 19.8 Å². The van der Waals surface area contributed by atoms with Crippen molar-refractivity contribution in [3.63, 3.8) is 0 Å². The Kier molecular flexibility index (Phi) is 8.40. The third-order valence-electron chi connectivity index (χ3n) is 7.87.